The minimum atomic E-state index is -3.69. The van der Waals surface area contributed by atoms with Crippen LogP contribution in [0.5, 0.6) is 0 Å². The van der Waals surface area contributed by atoms with E-state index >= 15 is 0 Å². The summed E-state index contributed by atoms with van der Waals surface area (Å²) in [6.07, 6.45) is 1.09. The molecule has 0 amide bonds. The van der Waals surface area contributed by atoms with Gasteiger partial charge in [-0.05, 0) is 12.1 Å². The van der Waals surface area contributed by atoms with E-state index in [1.54, 1.807) is 0 Å². The van der Waals surface area contributed by atoms with E-state index in [1.165, 1.54) is 32.3 Å². The van der Waals surface area contributed by atoms with E-state index in [-0.39, 0.29) is 21.2 Å². The lowest BCUT2D eigenvalue weighted by molar-refractivity contribution is 0.0698. The molecular weight excluding hydrogens is 284 g/mol. The van der Waals surface area contributed by atoms with E-state index in [0.29, 0.717) is 0 Å². The molecule has 20 heavy (non-hydrogen) atoms. The molecule has 0 spiro atoms. The van der Waals surface area contributed by atoms with E-state index in [1.807, 2.05) is 0 Å². The number of hydrogen-bond donors (Lipinski definition) is 2. The standard InChI is InChI=1S/C12H12N2O5S/c1-14(2)20(18,19)7-3-4-8-9(5-7)11(15)13-6-10(8)12(16)17/h3-6H,1-2H3,(H,13,15)(H,16,17). The van der Waals surface area contributed by atoms with Gasteiger partial charge < -0.3 is 10.1 Å². The molecule has 0 radical (unpaired) electrons. The zero-order chi connectivity index (χ0) is 15.1. The number of rotatable bonds is 3. The molecule has 7 nitrogen and oxygen atoms in total. The summed E-state index contributed by atoms with van der Waals surface area (Å²) < 4.78 is 25.0. The number of fused-ring (bicyclic) bond motifs is 1. The number of carboxylic acids is 1. The average Bonchev–Trinajstić information content (AvgIpc) is 2.38. The molecule has 106 valence electrons. The predicted octanol–water partition coefficient (Wildman–Crippen LogP) is 0.477. The lowest BCUT2D eigenvalue weighted by Gasteiger charge is -2.12. The molecule has 2 N–H and O–H groups in total. The van der Waals surface area contributed by atoms with Gasteiger partial charge in [0.1, 0.15) is 0 Å². The fraction of sp³-hybridized carbons (Fsp3) is 0.167. The molecule has 0 aliphatic heterocycles. The molecule has 0 saturated heterocycles. The molecule has 0 fully saturated rings. The Morgan fingerprint density at radius 3 is 2.45 bits per heavy atom. The molecule has 2 rings (SSSR count). The van der Waals surface area contributed by atoms with Crippen LogP contribution in [-0.4, -0.2) is 42.9 Å². The number of carboxylic acid groups (broad SMARTS) is 1. The molecular formula is C12H12N2O5S. The Bertz CT molecular complexity index is 852. The molecule has 0 aliphatic rings. The summed E-state index contributed by atoms with van der Waals surface area (Å²) in [6, 6.07) is 3.78. The highest BCUT2D eigenvalue weighted by molar-refractivity contribution is 7.89. The first-order valence-corrected chi connectivity index (χ1v) is 7.00. The number of H-pyrrole nitrogens is 1. The topological polar surface area (TPSA) is 108 Å². The second kappa shape index (κ2) is 4.73. The van der Waals surface area contributed by atoms with Gasteiger partial charge in [-0.2, -0.15) is 0 Å². The van der Waals surface area contributed by atoms with Crippen LogP contribution in [0.4, 0.5) is 0 Å². The second-order valence-electron chi connectivity index (χ2n) is 4.33. The van der Waals surface area contributed by atoms with Crippen LogP contribution >= 0.6 is 0 Å². The second-order valence-corrected chi connectivity index (χ2v) is 6.48. The molecule has 8 heteroatoms. The van der Waals surface area contributed by atoms with Crippen LogP contribution < -0.4 is 5.56 Å². The van der Waals surface area contributed by atoms with E-state index in [9.17, 15) is 18.0 Å². The van der Waals surface area contributed by atoms with Crippen molar-refractivity contribution in [2.45, 2.75) is 4.90 Å². The lowest BCUT2D eigenvalue weighted by Crippen LogP contribution is -2.22. The van der Waals surface area contributed by atoms with Gasteiger partial charge in [-0.3, -0.25) is 4.79 Å². The summed E-state index contributed by atoms with van der Waals surface area (Å²) in [7, 11) is -0.940. The third-order valence-corrected chi connectivity index (χ3v) is 4.69. The zero-order valence-corrected chi connectivity index (χ0v) is 11.6. The highest BCUT2D eigenvalue weighted by Gasteiger charge is 2.19. The van der Waals surface area contributed by atoms with Gasteiger partial charge in [0.15, 0.2) is 0 Å². The van der Waals surface area contributed by atoms with E-state index < -0.39 is 21.6 Å². The van der Waals surface area contributed by atoms with Gasteiger partial charge in [0.05, 0.1) is 10.5 Å². The van der Waals surface area contributed by atoms with Gasteiger partial charge >= 0.3 is 5.97 Å². The van der Waals surface area contributed by atoms with Crippen LogP contribution in [-0.2, 0) is 10.0 Å². The largest absolute Gasteiger partial charge is 0.478 e. The first-order chi connectivity index (χ1) is 9.25. The van der Waals surface area contributed by atoms with Crippen LogP contribution in [0, 0.1) is 0 Å². The van der Waals surface area contributed by atoms with Crippen molar-refractivity contribution in [3.63, 3.8) is 0 Å². The molecule has 0 aliphatic carbocycles. The third-order valence-electron chi connectivity index (χ3n) is 2.88. The molecule has 0 saturated carbocycles. The molecule has 0 unspecified atom stereocenters. The quantitative estimate of drug-likeness (QED) is 0.856. The number of nitrogens with one attached hydrogen (secondary N) is 1. The fourth-order valence-electron chi connectivity index (χ4n) is 1.79. The SMILES string of the molecule is CN(C)S(=O)(=O)c1ccc2c(C(=O)O)c[nH]c(=O)c2c1. The highest BCUT2D eigenvalue weighted by Crippen LogP contribution is 2.20. The number of nitrogens with zero attached hydrogens (tertiary/aromatic N) is 1. The first kappa shape index (κ1) is 14.2. The molecule has 0 bridgehead atoms. The number of carbonyl (C=O) groups is 1. The zero-order valence-electron chi connectivity index (χ0n) is 10.7. The van der Waals surface area contributed by atoms with E-state index in [2.05, 4.69) is 4.98 Å². The van der Waals surface area contributed by atoms with Crippen molar-refractivity contribution in [1.29, 1.82) is 0 Å². The maximum absolute atomic E-state index is 12.0. The fourth-order valence-corrected chi connectivity index (χ4v) is 2.72. The Morgan fingerprint density at radius 1 is 1.25 bits per heavy atom. The Balaban J connectivity index is 2.83. The van der Waals surface area contributed by atoms with E-state index in [4.69, 9.17) is 5.11 Å². The minimum Gasteiger partial charge on any atom is -0.478 e. The Kier molecular flexibility index (Phi) is 3.36. The number of aromatic nitrogens is 1. The average molecular weight is 296 g/mol. The maximum Gasteiger partial charge on any atom is 0.337 e. The highest BCUT2D eigenvalue weighted by atomic mass is 32.2. The summed E-state index contributed by atoms with van der Waals surface area (Å²) in [5, 5.41) is 9.26. The predicted molar refractivity (Wildman–Crippen MR) is 72.4 cm³/mol. The molecule has 1 aromatic heterocycles. The Labute approximate surface area is 114 Å². The smallest absolute Gasteiger partial charge is 0.337 e. The molecule has 0 atom stereocenters. The van der Waals surface area contributed by atoms with E-state index in [0.717, 1.165) is 10.5 Å². The van der Waals surface area contributed by atoms with Gasteiger partial charge in [-0.15, -0.1) is 0 Å². The van der Waals surface area contributed by atoms with Crippen molar-refractivity contribution in [2.24, 2.45) is 0 Å². The summed E-state index contributed by atoms with van der Waals surface area (Å²) >= 11 is 0. The number of aromatic amines is 1. The Morgan fingerprint density at radius 2 is 1.90 bits per heavy atom. The number of benzene rings is 1. The lowest BCUT2D eigenvalue weighted by atomic mass is 10.1. The number of aromatic carboxylic acids is 1. The molecule has 1 aromatic carbocycles. The van der Waals surface area contributed by atoms with Crippen molar-refractivity contribution in [1.82, 2.24) is 9.29 Å². The van der Waals surface area contributed by atoms with Gasteiger partial charge in [0.25, 0.3) is 5.56 Å². The van der Waals surface area contributed by atoms with Gasteiger partial charge in [0.2, 0.25) is 10.0 Å². The van der Waals surface area contributed by atoms with Crippen molar-refractivity contribution in [3.05, 3.63) is 40.3 Å². The first-order valence-electron chi connectivity index (χ1n) is 5.56. The van der Waals surface area contributed by atoms with Crippen LogP contribution in [0.25, 0.3) is 10.8 Å². The third kappa shape index (κ3) is 2.19. The maximum atomic E-state index is 12.0. The van der Waals surface area contributed by atoms with Crippen LogP contribution in [0.1, 0.15) is 10.4 Å². The van der Waals surface area contributed by atoms with Gasteiger partial charge in [0, 0.05) is 31.1 Å². The number of sulfonamides is 1. The van der Waals surface area contributed by atoms with Gasteiger partial charge in [-0.1, -0.05) is 6.07 Å². The van der Waals surface area contributed by atoms with Crippen molar-refractivity contribution in [2.75, 3.05) is 14.1 Å². The molecule has 2 aromatic rings. The molecule has 1 heterocycles. The number of hydrogen-bond acceptors (Lipinski definition) is 4. The summed E-state index contributed by atoms with van der Waals surface area (Å²) in [5.41, 5.74) is -0.630. The Hall–Kier alpha value is -2.19. The van der Waals surface area contributed by atoms with Crippen LogP contribution in [0.2, 0.25) is 0 Å². The van der Waals surface area contributed by atoms with Gasteiger partial charge in [-0.25, -0.2) is 17.5 Å². The van der Waals surface area contributed by atoms with Crippen LogP contribution in [0.3, 0.4) is 0 Å². The summed E-state index contributed by atoms with van der Waals surface area (Å²) in [6.45, 7) is 0. The number of pyridine rings is 1. The van der Waals surface area contributed by atoms with Crippen molar-refractivity contribution >= 4 is 26.8 Å². The summed E-state index contributed by atoms with van der Waals surface area (Å²) in [4.78, 5) is 25.0. The normalized spacial score (nSPS) is 11.9. The van der Waals surface area contributed by atoms with Crippen molar-refractivity contribution < 1.29 is 18.3 Å². The van der Waals surface area contributed by atoms with Crippen LogP contribution in [0.15, 0.2) is 34.1 Å². The minimum absolute atomic E-state index is 0.0211. The van der Waals surface area contributed by atoms with Crippen molar-refractivity contribution in [3.8, 4) is 0 Å². The summed E-state index contributed by atoms with van der Waals surface area (Å²) in [5.74, 6) is -1.20. The monoisotopic (exact) mass is 296 g/mol.